The quantitative estimate of drug-likeness (QED) is 0.648. The molecule has 0 radical (unpaired) electrons. The smallest absolute Gasteiger partial charge is 0.295 e. The van der Waals surface area contributed by atoms with Crippen molar-refractivity contribution < 1.29 is 26.4 Å². The Morgan fingerprint density at radius 2 is 1.86 bits per heavy atom. The highest BCUT2D eigenvalue weighted by atomic mass is 32.2. The fourth-order valence-electron chi connectivity index (χ4n) is 2.49. The maximum atomic E-state index is 13.1. The van der Waals surface area contributed by atoms with E-state index in [0.717, 1.165) is 18.2 Å². The molecule has 0 amide bonds. The van der Waals surface area contributed by atoms with E-state index in [2.05, 4.69) is 9.82 Å². The van der Waals surface area contributed by atoms with E-state index in [-0.39, 0.29) is 27.6 Å². The lowest BCUT2D eigenvalue weighted by molar-refractivity contribution is -0.137. The standard InChI is InChI=1S/C18H14F3N3O3S/c1-12(25)13-4-2-5-15(10-13)28(26,27)23-16-11-14(18(19,20)21)6-7-17(16)24-9-3-8-22-24/h2-11,23H,1H3. The van der Waals surface area contributed by atoms with Gasteiger partial charge in [0.2, 0.25) is 0 Å². The SMILES string of the molecule is CC(=O)c1cccc(S(=O)(=O)Nc2cc(C(F)(F)F)ccc2-n2cccn2)c1. The number of carbonyl (C=O) groups excluding carboxylic acids is 1. The lowest BCUT2D eigenvalue weighted by atomic mass is 10.1. The third kappa shape index (κ3) is 4.06. The van der Waals surface area contributed by atoms with Crippen molar-refractivity contribution in [2.24, 2.45) is 0 Å². The highest BCUT2D eigenvalue weighted by Crippen LogP contribution is 2.34. The van der Waals surface area contributed by atoms with Gasteiger partial charge in [-0.25, -0.2) is 13.1 Å². The van der Waals surface area contributed by atoms with E-state index < -0.39 is 21.8 Å². The molecular weight excluding hydrogens is 395 g/mol. The molecule has 10 heteroatoms. The zero-order chi connectivity index (χ0) is 20.5. The van der Waals surface area contributed by atoms with Gasteiger partial charge in [0, 0.05) is 18.0 Å². The second kappa shape index (κ2) is 7.12. The molecule has 0 bridgehead atoms. The molecule has 0 fully saturated rings. The molecular formula is C18H14F3N3O3S. The Morgan fingerprint density at radius 1 is 1.11 bits per heavy atom. The summed E-state index contributed by atoms with van der Waals surface area (Å²) in [6, 6.07) is 9.44. The third-order valence-electron chi connectivity index (χ3n) is 3.87. The number of Topliss-reactive ketones (excluding diaryl/α,β-unsaturated/α-hetero) is 1. The van der Waals surface area contributed by atoms with E-state index in [4.69, 9.17) is 0 Å². The Balaban J connectivity index is 2.09. The predicted octanol–water partition coefficient (Wildman–Crippen LogP) is 3.89. The summed E-state index contributed by atoms with van der Waals surface area (Å²) in [5.41, 5.74) is -1.03. The average Bonchev–Trinajstić information content (AvgIpc) is 3.15. The summed E-state index contributed by atoms with van der Waals surface area (Å²) in [7, 11) is -4.26. The first-order valence-corrected chi connectivity index (χ1v) is 9.41. The summed E-state index contributed by atoms with van der Waals surface area (Å²) in [5.74, 6) is -0.339. The first kappa shape index (κ1) is 19.6. The number of benzene rings is 2. The van der Waals surface area contributed by atoms with Crippen molar-refractivity contribution in [3.63, 3.8) is 0 Å². The summed E-state index contributed by atoms with van der Waals surface area (Å²) in [4.78, 5) is 11.2. The summed E-state index contributed by atoms with van der Waals surface area (Å²) in [6.45, 7) is 1.28. The van der Waals surface area contributed by atoms with Crippen molar-refractivity contribution in [3.8, 4) is 5.69 Å². The Hall–Kier alpha value is -3.14. The summed E-state index contributed by atoms with van der Waals surface area (Å²) in [5, 5.41) is 3.93. The van der Waals surface area contributed by atoms with Crippen LogP contribution in [0.25, 0.3) is 5.69 Å². The van der Waals surface area contributed by atoms with Gasteiger partial charge in [0.25, 0.3) is 10.0 Å². The number of hydrogen-bond donors (Lipinski definition) is 1. The predicted molar refractivity (Wildman–Crippen MR) is 95.8 cm³/mol. The van der Waals surface area contributed by atoms with Crippen LogP contribution in [0.2, 0.25) is 0 Å². The minimum atomic E-state index is -4.66. The maximum Gasteiger partial charge on any atom is 0.416 e. The lowest BCUT2D eigenvalue weighted by Gasteiger charge is -2.16. The molecule has 0 saturated carbocycles. The number of nitrogens with one attached hydrogen (secondary N) is 1. The molecule has 1 aromatic heterocycles. The van der Waals surface area contributed by atoms with Gasteiger partial charge in [0.1, 0.15) is 0 Å². The van der Waals surface area contributed by atoms with Gasteiger partial charge in [-0.05, 0) is 43.3 Å². The second-order valence-electron chi connectivity index (χ2n) is 5.87. The fraction of sp³-hybridized carbons (Fsp3) is 0.111. The van der Waals surface area contributed by atoms with Crippen LogP contribution in [0.4, 0.5) is 18.9 Å². The molecule has 0 saturated heterocycles. The molecule has 0 unspecified atom stereocenters. The van der Waals surface area contributed by atoms with Crippen LogP contribution in [0.5, 0.6) is 0 Å². The molecule has 0 spiro atoms. The van der Waals surface area contributed by atoms with E-state index in [9.17, 15) is 26.4 Å². The van der Waals surface area contributed by atoms with Gasteiger partial charge in [-0.15, -0.1) is 0 Å². The molecule has 3 aromatic rings. The number of halogens is 3. The molecule has 0 aliphatic rings. The van der Waals surface area contributed by atoms with Crippen LogP contribution in [-0.4, -0.2) is 24.0 Å². The van der Waals surface area contributed by atoms with Gasteiger partial charge < -0.3 is 0 Å². The normalized spacial score (nSPS) is 12.0. The van der Waals surface area contributed by atoms with Gasteiger partial charge in [-0.3, -0.25) is 9.52 Å². The van der Waals surface area contributed by atoms with E-state index in [1.807, 2.05) is 0 Å². The van der Waals surface area contributed by atoms with Crippen molar-refractivity contribution in [1.82, 2.24) is 9.78 Å². The Kier molecular flexibility index (Phi) is 4.99. The number of aromatic nitrogens is 2. The molecule has 6 nitrogen and oxygen atoms in total. The fourth-order valence-corrected chi connectivity index (χ4v) is 3.60. The van der Waals surface area contributed by atoms with Crippen LogP contribution in [0.1, 0.15) is 22.8 Å². The van der Waals surface area contributed by atoms with Gasteiger partial charge in [-0.2, -0.15) is 18.3 Å². The molecule has 0 aliphatic heterocycles. The number of anilines is 1. The first-order chi connectivity index (χ1) is 13.1. The van der Waals surface area contributed by atoms with Gasteiger partial charge in [-0.1, -0.05) is 12.1 Å². The van der Waals surface area contributed by atoms with Gasteiger partial charge in [0.05, 0.1) is 21.8 Å². The number of hydrogen-bond acceptors (Lipinski definition) is 4. The number of sulfonamides is 1. The van der Waals surface area contributed by atoms with Crippen molar-refractivity contribution in [2.45, 2.75) is 18.0 Å². The Labute approximate surface area is 158 Å². The highest BCUT2D eigenvalue weighted by Gasteiger charge is 2.32. The van der Waals surface area contributed by atoms with Crippen molar-refractivity contribution in [3.05, 3.63) is 72.1 Å². The average molecular weight is 409 g/mol. The zero-order valence-electron chi connectivity index (χ0n) is 14.4. The zero-order valence-corrected chi connectivity index (χ0v) is 15.3. The van der Waals surface area contributed by atoms with Crippen molar-refractivity contribution >= 4 is 21.5 Å². The minimum absolute atomic E-state index is 0.115. The second-order valence-corrected chi connectivity index (χ2v) is 7.55. The molecule has 0 aliphatic carbocycles. The van der Waals surface area contributed by atoms with Gasteiger partial charge in [0.15, 0.2) is 5.78 Å². The van der Waals surface area contributed by atoms with E-state index in [1.165, 1.54) is 42.2 Å². The summed E-state index contributed by atoms with van der Waals surface area (Å²) in [6.07, 6.45) is -1.78. The van der Waals surface area contributed by atoms with E-state index >= 15 is 0 Å². The summed E-state index contributed by atoms with van der Waals surface area (Å²) >= 11 is 0. The third-order valence-corrected chi connectivity index (χ3v) is 5.23. The van der Waals surface area contributed by atoms with Gasteiger partial charge >= 0.3 is 6.18 Å². The molecule has 28 heavy (non-hydrogen) atoms. The van der Waals surface area contributed by atoms with E-state index in [1.54, 1.807) is 6.07 Å². The molecule has 146 valence electrons. The molecule has 0 atom stereocenters. The number of carbonyl (C=O) groups is 1. The Morgan fingerprint density at radius 3 is 2.46 bits per heavy atom. The van der Waals surface area contributed by atoms with Crippen LogP contribution in [0.3, 0.4) is 0 Å². The van der Waals surface area contributed by atoms with Crippen LogP contribution < -0.4 is 4.72 Å². The Bertz CT molecular complexity index is 1120. The maximum absolute atomic E-state index is 13.1. The van der Waals surface area contributed by atoms with Crippen molar-refractivity contribution in [1.29, 1.82) is 0 Å². The number of alkyl halides is 3. The van der Waals surface area contributed by atoms with Crippen LogP contribution in [0, 0.1) is 0 Å². The van der Waals surface area contributed by atoms with Crippen LogP contribution in [0.15, 0.2) is 65.8 Å². The molecule has 2 aromatic carbocycles. The topological polar surface area (TPSA) is 81.1 Å². The lowest BCUT2D eigenvalue weighted by Crippen LogP contribution is -2.16. The largest absolute Gasteiger partial charge is 0.416 e. The first-order valence-electron chi connectivity index (χ1n) is 7.93. The van der Waals surface area contributed by atoms with Crippen molar-refractivity contribution in [2.75, 3.05) is 4.72 Å². The number of rotatable bonds is 5. The summed E-state index contributed by atoms with van der Waals surface area (Å²) < 4.78 is 68.2. The molecule has 1 heterocycles. The highest BCUT2D eigenvalue weighted by molar-refractivity contribution is 7.92. The molecule has 3 rings (SSSR count). The minimum Gasteiger partial charge on any atom is -0.295 e. The number of nitrogens with zero attached hydrogens (tertiary/aromatic N) is 2. The molecule has 1 N–H and O–H groups in total. The number of ketones is 1. The monoisotopic (exact) mass is 409 g/mol. The van der Waals surface area contributed by atoms with Crippen LogP contribution >= 0.6 is 0 Å². The van der Waals surface area contributed by atoms with E-state index in [0.29, 0.717) is 6.07 Å². The van der Waals surface area contributed by atoms with Crippen LogP contribution in [-0.2, 0) is 16.2 Å².